The summed E-state index contributed by atoms with van der Waals surface area (Å²) in [6.45, 7) is 6.49. The van der Waals surface area contributed by atoms with E-state index in [4.69, 9.17) is 10.5 Å². The summed E-state index contributed by atoms with van der Waals surface area (Å²) < 4.78 is 5.48. The van der Waals surface area contributed by atoms with Crippen molar-refractivity contribution < 1.29 is 9.53 Å². The lowest BCUT2D eigenvalue weighted by atomic mass is 10.0. The SMILES string of the molecule is Cc1c(NC(=O)N2Cc3ccccc3C2)cccc1-c1nc(N)nc2[nH]c(-c3ccc(N4CCOCC4)cc3)cc12. The number of hydrogen-bond donors (Lipinski definition) is 3. The molecular formula is C32H31N7O2. The lowest BCUT2D eigenvalue weighted by molar-refractivity contribution is 0.122. The minimum atomic E-state index is -0.127. The highest BCUT2D eigenvalue weighted by Crippen LogP contribution is 2.35. The molecule has 5 aromatic rings. The molecule has 0 unspecified atom stereocenters. The van der Waals surface area contributed by atoms with E-state index >= 15 is 0 Å². The minimum absolute atomic E-state index is 0.127. The van der Waals surface area contributed by atoms with Crippen LogP contribution in [0.15, 0.2) is 72.8 Å². The molecule has 41 heavy (non-hydrogen) atoms. The van der Waals surface area contributed by atoms with Crippen molar-refractivity contribution >= 4 is 34.4 Å². The Morgan fingerprint density at radius 1 is 0.951 bits per heavy atom. The minimum Gasteiger partial charge on any atom is -0.378 e. The van der Waals surface area contributed by atoms with E-state index in [1.165, 1.54) is 16.8 Å². The maximum absolute atomic E-state index is 13.2. The number of ether oxygens (including phenoxy) is 1. The zero-order chi connectivity index (χ0) is 27.9. The van der Waals surface area contributed by atoms with Gasteiger partial charge in [-0.15, -0.1) is 0 Å². The van der Waals surface area contributed by atoms with E-state index in [1.54, 1.807) is 0 Å². The number of amides is 2. The first-order chi connectivity index (χ1) is 20.0. The van der Waals surface area contributed by atoms with Gasteiger partial charge in [0.25, 0.3) is 0 Å². The van der Waals surface area contributed by atoms with Crippen molar-refractivity contribution in [1.29, 1.82) is 0 Å². The Balaban J connectivity index is 1.18. The largest absolute Gasteiger partial charge is 0.378 e. The van der Waals surface area contributed by atoms with Gasteiger partial charge in [0.1, 0.15) is 5.65 Å². The maximum atomic E-state index is 13.2. The second kappa shape index (κ2) is 10.3. The molecule has 1 fully saturated rings. The molecule has 206 valence electrons. The summed E-state index contributed by atoms with van der Waals surface area (Å²) in [6.07, 6.45) is 0. The Hall–Kier alpha value is -4.89. The summed E-state index contributed by atoms with van der Waals surface area (Å²) >= 11 is 0. The van der Waals surface area contributed by atoms with Crippen LogP contribution in [0, 0.1) is 6.92 Å². The number of nitrogens with two attached hydrogens (primary N) is 1. The Morgan fingerprint density at radius 3 is 2.41 bits per heavy atom. The van der Waals surface area contributed by atoms with Crippen LogP contribution in [0.3, 0.4) is 0 Å². The number of H-pyrrole nitrogens is 1. The molecule has 9 heteroatoms. The molecule has 2 aliphatic heterocycles. The molecule has 4 heterocycles. The summed E-state index contributed by atoms with van der Waals surface area (Å²) in [5.74, 6) is 0.187. The molecule has 3 aromatic carbocycles. The molecule has 2 aliphatic rings. The molecule has 0 spiro atoms. The molecule has 0 saturated carbocycles. The second-order valence-corrected chi connectivity index (χ2v) is 10.6. The highest BCUT2D eigenvalue weighted by atomic mass is 16.5. The highest BCUT2D eigenvalue weighted by molar-refractivity contribution is 5.98. The summed E-state index contributed by atoms with van der Waals surface area (Å²) in [5, 5.41) is 3.98. The number of morpholine rings is 1. The zero-order valence-electron chi connectivity index (χ0n) is 22.9. The van der Waals surface area contributed by atoms with Crippen molar-refractivity contribution in [2.45, 2.75) is 20.0 Å². The number of rotatable bonds is 4. The molecule has 7 rings (SSSR count). The summed E-state index contributed by atoms with van der Waals surface area (Å²) in [6, 6.07) is 24.5. The molecule has 0 radical (unpaired) electrons. The molecule has 0 bridgehead atoms. The van der Waals surface area contributed by atoms with Crippen molar-refractivity contribution in [3.63, 3.8) is 0 Å². The molecule has 1 saturated heterocycles. The number of fused-ring (bicyclic) bond motifs is 2. The normalized spacial score (nSPS) is 14.9. The van der Waals surface area contributed by atoms with Gasteiger partial charge in [-0.05, 0) is 53.4 Å². The Labute approximate surface area is 238 Å². The predicted octanol–water partition coefficient (Wildman–Crippen LogP) is 5.57. The van der Waals surface area contributed by atoms with E-state index in [0.717, 1.165) is 65.5 Å². The van der Waals surface area contributed by atoms with Gasteiger partial charge in [0, 0.05) is 54.2 Å². The van der Waals surface area contributed by atoms with Crippen LogP contribution in [0.5, 0.6) is 0 Å². The molecule has 9 nitrogen and oxygen atoms in total. The molecular weight excluding hydrogens is 514 g/mol. The lowest BCUT2D eigenvalue weighted by Gasteiger charge is -2.28. The van der Waals surface area contributed by atoms with Crippen LogP contribution in [0.4, 0.5) is 22.1 Å². The van der Waals surface area contributed by atoms with Crippen LogP contribution in [0.2, 0.25) is 0 Å². The van der Waals surface area contributed by atoms with Gasteiger partial charge in [0.15, 0.2) is 0 Å². The number of nitrogen functional groups attached to an aromatic ring is 1. The van der Waals surface area contributed by atoms with Crippen molar-refractivity contribution in [3.05, 3.63) is 89.5 Å². The fourth-order valence-electron chi connectivity index (χ4n) is 5.76. The molecule has 2 amide bonds. The van der Waals surface area contributed by atoms with Crippen LogP contribution in [-0.2, 0) is 17.8 Å². The number of benzene rings is 3. The van der Waals surface area contributed by atoms with E-state index in [1.807, 2.05) is 42.2 Å². The Kier molecular flexibility index (Phi) is 6.28. The van der Waals surface area contributed by atoms with Crippen molar-refractivity contribution in [3.8, 4) is 22.5 Å². The van der Waals surface area contributed by atoms with Gasteiger partial charge in [-0.25, -0.2) is 9.78 Å². The maximum Gasteiger partial charge on any atom is 0.322 e. The van der Waals surface area contributed by atoms with Crippen molar-refractivity contribution in [2.24, 2.45) is 0 Å². The summed E-state index contributed by atoms with van der Waals surface area (Å²) in [4.78, 5) is 29.9. The number of hydrogen-bond acceptors (Lipinski definition) is 6. The van der Waals surface area contributed by atoms with Crippen molar-refractivity contribution in [1.82, 2.24) is 19.9 Å². The van der Waals surface area contributed by atoms with Gasteiger partial charge in [-0.3, -0.25) is 0 Å². The van der Waals surface area contributed by atoms with Crippen LogP contribution in [0.25, 0.3) is 33.5 Å². The average molecular weight is 546 g/mol. The lowest BCUT2D eigenvalue weighted by Crippen LogP contribution is -2.36. The third-order valence-corrected chi connectivity index (χ3v) is 8.02. The number of urea groups is 1. The van der Waals surface area contributed by atoms with E-state index in [9.17, 15) is 4.79 Å². The second-order valence-electron chi connectivity index (χ2n) is 10.6. The highest BCUT2D eigenvalue weighted by Gasteiger charge is 2.24. The van der Waals surface area contributed by atoms with Crippen LogP contribution >= 0.6 is 0 Å². The van der Waals surface area contributed by atoms with Crippen LogP contribution in [0.1, 0.15) is 16.7 Å². The first-order valence-corrected chi connectivity index (χ1v) is 13.9. The summed E-state index contributed by atoms with van der Waals surface area (Å²) in [7, 11) is 0. The topological polar surface area (TPSA) is 112 Å². The fourth-order valence-corrected chi connectivity index (χ4v) is 5.76. The van der Waals surface area contributed by atoms with Gasteiger partial charge < -0.3 is 30.6 Å². The van der Waals surface area contributed by atoms with Crippen molar-refractivity contribution in [2.75, 3.05) is 42.3 Å². The smallest absolute Gasteiger partial charge is 0.322 e. The number of carbonyl (C=O) groups excluding carboxylic acids is 1. The monoisotopic (exact) mass is 545 g/mol. The van der Waals surface area contributed by atoms with Crippen LogP contribution in [-0.4, -0.2) is 52.2 Å². The first kappa shape index (κ1) is 25.1. The molecule has 4 N–H and O–H groups in total. The number of aromatic amines is 1. The number of nitrogens with one attached hydrogen (secondary N) is 2. The van der Waals surface area contributed by atoms with Gasteiger partial charge in [-0.2, -0.15) is 4.98 Å². The Morgan fingerprint density at radius 2 is 1.68 bits per heavy atom. The van der Waals surface area contributed by atoms with E-state index < -0.39 is 0 Å². The van der Waals surface area contributed by atoms with Gasteiger partial charge in [0.2, 0.25) is 5.95 Å². The standard InChI is InChI=1S/C32H31N7O2/c1-20-25(7-4-8-27(20)35-32(40)39-18-22-5-2-3-6-23(22)19-39)29-26-17-28(34-30(26)37-31(33)36-29)21-9-11-24(12-10-21)38-13-15-41-16-14-38/h2-12,17H,13-16,18-19H2,1H3,(H,35,40)(H3,33,34,36,37). The Bertz CT molecular complexity index is 1730. The molecule has 0 atom stereocenters. The number of carbonyl (C=O) groups is 1. The van der Waals surface area contributed by atoms with Gasteiger partial charge >= 0.3 is 6.03 Å². The summed E-state index contributed by atoms with van der Waals surface area (Å²) in [5.41, 5.74) is 15.6. The third kappa shape index (κ3) is 4.74. The quantitative estimate of drug-likeness (QED) is 0.272. The van der Waals surface area contributed by atoms with E-state index in [-0.39, 0.29) is 12.0 Å². The van der Waals surface area contributed by atoms with E-state index in [2.05, 4.69) is 67.6 Å². The third-order valence-electron chi connectivity index (χ3n) is 8.02. The number of anilines is 3. The number of nitrogens with zero attached hydrogens (tertiary/aromatic N) is 4. The van der Waals surface area contributed by atoms with E-state index in [0.29, 0.717) is 18.7 Å². The molecule has 2 aromatic heterocycles. The first-order valence-electron chi connectivity index (χ1n) is 13.9. The van der Waals surface area contributed by atoms with Crippen LogP contribution < -0.4 is 16.0 Å². The predicted molar refractivity (Wildman–Crippen MR) is 162 cm³/mol. The zero-order valence-corrected chi connectivity index (χ0v) is 22.9. The van der Waals surface area contributed by atoms with Gasteiger partial charge in [-0.1, -0.05) is 48.5 Å². The number of aromatic nitrogens is 3. The van der Waals surface area contributed by atoms with Gasteiger partial charge in [0.05, 0.1) is 18.9 Å². The molecule has 0 aliphatic carbocycles. The fraction of sp³-hybridized carbons (Fsp3) is 0.219. The average Bonchev–Trinajstić information content (AvgIpc) is 3.63.